The zero-order chi connectivity index (χ0) is 16.0. The van der Waals surface area contributed by atoms with Gasteiger partial charge in [0.2, 0.25) is 0 Å². The molecule has 0 aromatic heterocycles. The van der Waals surface area contributed by atoms with Crippen molar-refractivity contribution in [2.45, 2.75) is 12.5 Å². The topological polar surface area (TPSA) is 142 Å². The number of halogens is 1. The summed E-state index contributed by atoms with van der Waals surface area (Å²) in [5.74, 6) is -1.38. The Morgan fingerprint density at radius 2 is 2.10 bits per heavy atom. The molecular weight excluding hydrogens is 306 g/mol. The fourth-order valence-electron chi connectivity index (χ4n) is 1.35. The molecule has 114 valence electrons. The lowest BCUT2D eigenvalue weighted by Crippen LogP contribution is -2.33. The molecule has 4 N–H and O–H groups in total. The van der Waals surface area contributed by atoms with Gasteiger partial charge in [-0.1, -0.05) is 11.6 Å². The Bertz CT molecular complexity index is 565. The summed E-state index contributed by atoms with van der Waals surface area (Å²) in [6.45, 7) is -0.0744. The standard InChI is InChI=1S/C11H12ClN3O6/c12-7-2-1-6(5-8(7)15(20)21)14-11(19)13-4-3-9(16)10(17)18/h1-2,5,9,16H,3-4H2,(H,17,18)(H2,13,14,19)/t9-/m0/s1. The van der Waals surface area contributed by atoms with Crippen molar-refractivity contribution in [3.8, 4) is 0 Å². The van der Waals surface area contributed by atoms with Crippen molar-refractivity contribution in [3.63, 3.8) is 0 Å². The van der Waals surface area contributed by atoms with Gasteiger partial charge in [-0.3, -0.25) is 10.1 Å². The van der Waals surface area contributed by atoms with Crippen molar-refractivity contribution in [1.29, 1.82) is 0 Å². The summed E-state index contributed by atoms with van der Waals surface area (Å²) in [6, 6.07) is 3.04. The van der Waals surface area contributed by atoms with Gasteiger partial charge in [-0.15, -0.1) is 0 Å². The molecule has 9 nitrogen and oxygen atoms in total. The largest absolute Gasteiger partial charge is 0.479 e. The number of benzene rings is 1. The predicted octanol–water partition coefficient (Wildman–Crippen LogP) is 1.21. The average molecular weight is 318 g/mol. The molecule has 21 heavy (non-hydrogen) atoms. The number of nitrogens with one attached hydrogen (secondary N) is 2. The average Bonchev–Trinajstić information content (AvgIpc) is 2.40. The molecule has 2 amide bonds. The van der Waals surface area contributed by atoms with Crippen LogP contribution in [0.4, 0.5) is 16.2 Å². The number of nitrogens with zero attached hydrogens (tertiary/aromatic N) is 1. The lowest BCUT2D eigenvalue weighted by Gasteiger charge is -2.09. The molecule has 1 aromatic rings. The maximum atomic E-state index is 11.5. The first-order valence-electron chi connectivity index (χ1n) is 5.71. The second kappa shape index (κ2) is 7.41. The van der Waals surface area contributed by atoms with Crippen LogP contribution in [0, 0.1) is 10.1 Å². The third-order valence-electron chi connectivity index (χ3n) is 2.39. The van der Waals surface area contributed by atoms with Gasteiger partial charge in [-0.25, -0.2) is 9.59 Å². The van der Waals surface area contributed by atoms with Crippen LogP contribution in [-0.2, 0) is 4.79 Å². The molecule has 0 saturated heterocycles. The van der Waals surface area contributed by atoms with E-state index in [0.717, 1.165) is 6.07 Å². The smallest absolute Gasteiger partial charge is 0.332 e. The number of nitro groups is 1. The minimum atomic E-state index is -1.57. The van der Waals surface area contributed by atoms with Crippen LogP contribution in [-0.4, -0.2) is 39.8 Å². The number of rotatable bonds is 6. The predicted molar refractivity (Wildman–Crippen MR) is 73.4 cm³/mol. The fraction of sp³-hybridized carbons (Fsp3) is 0.273. The van der Waals surface area contributed by atoms with Gasteiger partial charge in [0, 0.05) is 24.7 Å². The molecule has 0 spiro atoms. The number of amides is 2. The maximum Gasteiger partial charge on any atom is 0.332 e. The summed E-state index contributed by atoms with van der Waals surface area (Å²) >= 11 is 5.62. The number of nitro benzene ring substituents is 1. The Hall–Kier alpha value is -2.39. The van der Waals surface area contributed by atoms with Crippen LogP contribution in [0.1, 0.15) is 6.42 Å². The number of carbonyl (C=O) groups is 2. The molecule has 0 fully saturated rings. The van der Waals surface area contributed by atoms with Gasteiger partial charge in [-0.05, 0) is 12.1 Å². The number of urea groups is 1. The van der Waals surface area contributed by atoms with Gasteiger partial charge < -0.3 is 20.8 Å². The fourth-order valence-corrected chi connectivity index (χ4v) is 1.54. The molecule has 1 rings (SSSR count). The van der Waals surface area contributed by atoms with Crippen molar-refractivity contribution in [2.75, 3.05) is 11.9 Å². The SMILES string of the molecule is O=C(NCC[C@H](O)C(=O)O)Nc1ccc(Cl)c([N+](=O)[O-])c1. The summed E-state index contributed by atoms with van der Waals surface area (Å²) in [5, 5.41) is 32.7. The second-order valence-corrected chi connectivity index (χ2v) is 4.35. The highest BCUT2D eigenvalue weighted by Gasteiger charge is 2.15. The van der Waals surface area contributed by atoms with Crippen molar-refractivity contribution in [1.82, 2.24) is 5.32 Å². The van der Waals surface area contributed by atoms with E-state index in [-0.39, 0.29) is 29.4 Å². The number of anilines is 1. The van der Waals surface area contributed by atoms with E-state index in [1.165, 1.54) is 12.1 Å². The molecule has 0 aliphatic rings. The number of aliphatic hydroxyl groups is 1. The van der Waals surface area contributed by atoms with Crippen molar-refractivity contribution in [3.05, 3.63) is 33.3 Å². The monoisotopic (exact) mass is 317 g/mol. The summed E-state index contributed by atoms with van der Waals surface area (Å²) in [5.41, 5.74) is -0.196. The number of hydrogen-bond acceptors (Lipinski definition) is 5. The number of aliphatic carboxylic acids is 1. The van der Waals surface area contributed by atoms with Gasteiger partial charge in [0.15, 0.2) is 6.10 Å². The van der Waals surface area contributed by atoms with E-state index in [0.29, 0.717) is 0 Å². The Kier molecular flexibility index (Phi) is 5.88. The molecule has 0 unspecified atom stereocenters. The van der Waals surface area contributed by atoms with Crippen molar-refractivity contribution in [2.24, 2.45) is 0 Å². The molecule has 0 saturated carbocycles. The number of carboxylic acids is 1. The summed E-state index contributed by atoms with van der Waals surface area (Å²) in [6.07, 6.45) is -1.73. The number of hydrogen-bond donors (Lipinski definition) is 4. The van der Waals surface area contributed by atoms with Gasteiger partial charge in [-0.2, -0.15) is 0 Å². The minimum Gasteiger partial charge on any atom is -0.479 e. The van der Waals surface area contributed by atoms with Crippen LogP contribution in [0.2, 0.25) is 5.02 Å². The van der Waals surface area contributed by atoms with Crippen LogP contribution in [0.25, 0.3) is 0 Å². The van der Waals surface area contributed by atoms with Crippen LogP contribution < -0.4 is 10.6 Å². The number of carboxylic acid groups (broad SMARTS) is 1. The molecular formula is C11H12ClN3O6. The Morgan fingerprint density at radius 1 is 1.43 bits per heavy atom. The van der Waals surface area contributed by atoms with Gasteiger partial charge in [0.1, 0.15) is 5.02 Å². The van der Waals surface area contributed by atoms with Crippen molar-refractivity contribution < 1.29 is 24.7 Å². The molecule has 0 aliphatic heterocycles. The zero-order valence-electron chi connectivity index (χ0n) is 10.6. The van der Waals surface area contributed by atoms with E-state index in [4.69, 9.17) is 21.8 Å². The molecule has 10 heteroatoms. The first-order chi connectivity index (χ1) is 9.81. The van der Waals surface area contributed by atoms with E-state index in [9.17, 15) is 19.7 Å². The normalized spacial score (nSPS) is 11.5. The van der Waals surface area contributed by atoms with Crippen LogP contribution in [0.3, 0.4) is 0 Å². The van der Waals surface area contributed by atoms with E-state index < -0.39 is 23.0 Å². The third kappa shape index (κ3) is 5.24. The zero-order valence-corrected chi connectivity index (χ0v) is 11.3. The van der Waals surface area contributed by atoms with Crippen LogP contribution in [0.5, 0.6) is 0 Å². The highest BCUT2D eigenvalue weighted by atomic mass is 35.5. The molecule has 1 atom stereocenters. The second-order valence-electron chi connectivity index (χ2n) is 3.95. The third-order valence-corrected chi connectivity index (χ3v) is 2.71. The maximum absolute atomic E-state index is 11.5. The van der Waals surface area contributed by atoms with Crippen molar-refractivity contribution >= 4 is 35.0 Å². The van der Waals surface area contributed by atoms with Crippen LogP contribution >= 0.6 is 11.6 Å². The minimum absolute atomic E-state index is 0.0597. The quantitative estimate of drug-likeness (QED) is 0.459. The summed E-state index contributed by atoms with van der Waals surface area (Å²) < 4.78 is 0. The van der Waals surface area contributed by atoms with Gasteiger partial charge >= 0.3 is 12.0 Å². The Labute approximate surface area is 123 Å². The first kappa shape index (κ1) is 16.7. The molecule has 0 radical (unpaired) electrons. The number of aliphatic hydroxyl groups excluding tert-OH is 1. The molecule has 0 aliphatic carbocycles. The highest BCUT2D eigenvalue weighted by Crippen LogP contribution is 2.27. The first-order valence-corrected chi connectivity index (χ1v) is 6.08. The summed E-state index contributed by atoms with van der Waals surface area (Å²) in [4.78, 5) is 31.8. The molecule has 1 aromatic carbocycles. The lowest BCUT2D eigenvalue weighted by molar-refractivity contribution is -0.384. The van der Waals surface area contributed by atoms with E-state index in [1.807, 2.05) is 0 Å². The van der Waals surface area contributed by atoms with E-state index >= 15 is 0 Å². The molecule has 0 heterocycles. The summed E-state index contributed by atoms with van der Waals surface area (Å²) in [7, 11) is 0. The van der Waals surface area contributed by atoms with Gasteiger partial charge in [0.25, 0.3) is 5.69 Å². The van der Waals surface area contributed by atoms with Crippen LogP contribution in [0.15, 0.2) is 18.2 Å². The number of carbonyl (C=O) groups excluding carboxylic acids is 1. The van der Waals surface area contributed by atoms with E-state index in [1.54, 1.807) is 0 Å². The Balaban J connectivity index is 2.54. The van der Waals surface area contributed by atoms with E-state index in [2.05, 4.69) is 10.6 Å². The highest BCUT2D eigenvalue weighted by molar-refractivity contribution is 6.32. The van der Waals surface area contributed by atoms with Gasteiger partial charge in [0.05, 0.1) is 4.92 Å². The molecule has 0 bridgehead atoms. The lowest BCUT2D eigenvalue weighted by atomic mass is 10.2. The Morgan fingerprint density at radius 3 is 2.67 bits per heavy atom.